The zero-order valence-electron chi connectivity index (χ0n) is 18.3. The highest BCUT2D eigenvalue weighted by molar-refractivity contribution is 5.89. The van der Waals surface area contributed by atoms with Gasteiger partial charge < -0.3 is 4.74 Å². The molecule has 3 aromatic carbocycles. The predicted octanol–water partition coefficient (Wildman–Crippen LogP) is 4.29. The molecule has 0 spiro atoms. The van der Waals surface area contributed by atoms with Gasteiger partial charge in [0.1, 0.15) is 5.69 Å². The lowest BCUT2D eigenvalue weighted by Crippen LogP contribution is -2.24. The summed E-state index contributed by atoms with van der Waals surface area (Å²) in [5.41, 5.74) is 6.49. The van der Waals surface area contributed by atoms with Crippen LogP contribution in [0.5, 0.6) is 5.75 Å². The van der Waals surface area contributed by atoms with E-state index < -0.39 is 17.4 Å². The van der Waals surface area contributed by atoms with Crippen LogP contribution in [0.25, 0.3) is 16.9 Å². The molecule has 170 valence electrons. The minimum atomic E-state index is -0.567. The minimum Gasteiger partial charge on any atom is -0.477 e. The monoisotopic (exact) mass is 455 g/mol. The summed E-state index contributed by atoms with van der Waals surface area (Å²) in [7, 11) is 0. The number of hydrogen-bond donors (Lipinski definition) is 1. The number of para-hydroxylation sites is 3. The van der Waals surface area contributed by atoms with Crippen molar-refractivity contribution < 1.29 is 14.5 Å². The molecular weight excluding hydrogens is 434 g/mol. The number of benzene rings is 3. The first-order valence-corrected chi connectivity index (χ1v) is 10.4. The van der Waals surface area contributed by atoms with Crippen LogP contribution in [0.3, 0.4) is 0 Å². The molecule has 0 radical (unpaired) electrons. The molecule has 0 aliphatic carbocycles. The summed E-state index contributed by atoms with van der Waals surface area (Å²) in [6.45, 7) is 1.58. The molecule has 1 heterocycles. The number of carbonyl (C=O) groups excluding carboxylic acids is 1. The van der Waals surface area contributed by atoms with E-state index in [0.29, 0.717) is 11.3 Å². The van der Waals surface area contributed by atoms with Crippen LogP contribution < -0.4 is 10.2 Å². The standard InChI is InChI=1S/C25H21N5O4/c1-18-8-7-9-19(14-18)25-20(16-29(28-25)21-10-3-2-4-11-21)15-26-27-24(31)17-34-23-13-6-5-12-22(23)30(32)33/h2-16H,17H2,1H3,(H,27,31)/b26-15-. The number of nitro benzene ring substituents is 1. The Morgan fingerprint density at radius 2 is 1.88 bits per heavy atom. The Bertz CT molecular complexity index is 1350. The number of nitrogens with zero attached hydrogens (tertiary/aromatic N) is 4. The van der Waals surface area contributed by atoms with E-state index in [1.165, 1.54) is 24.4 Å². The zero-order valence-corrected chi connectivity index (χ0v) is 18.3. The third-order valence-electron chi connectivity index (χ3n) is 4.87. The van der Waals surface area contributed by atoms with Crippen molar-refractivity contribution in [3.63, 3.8) is 0 Å². The Balaban J connectivity index is 1.50. The highest BCUT2D eigenvalue weighted by Gasteiger charge is 2.15. The van der Waals surface area contributed by atoms with Crippen molar-refractivity contribution in [2.24, 2.45) is 5.10 Å². The third kappa shape index (κ3) is 5.33. The molecule has 1 amide bonds. The van der Waals surface area contributed by atoms with E-state index in [2.05, 4.69) is 10.5 Å². The van der Waals surface area contributed by atoms with Gasteiger partial charge in [-0.2, -0.15) is 10.2 Å². The first kappa shape index (κ1) is 22.4. The fraction of sp³-hybridized carbons (Fsp3) is 0.0800. The molecule has 34 heavy (non-hydrogen) atoms. The molecule has 0 saturated carbocycles. The molecule has 0 unspecified atom stereocenters. The van der Waals surface area contributed by atoms with Gasteiger partial charge in [0.2, 0.25) is 0 Å². The van der Waals surface area contributed by atoms with Crippen LogP contribution in [0.1, 0.15) is 11.1 Å². The largest absolute Gasteiger partial charge is 0.477 e. The lowest BCUT2D eigenvalue weighted by atomic mass is 10.1. The molecule has 0 atom stereocenters. The van der Waals surface area contributed by atoms with Crippen molar-refractivity contribution in [2.45, 2.75) is 6.92 Å². The molecule has 0 saturated heterocycles. The maximum Gasteiger partial charge on any atom is 0.310 e. The molecule has 0 bridgehead atoms. The van der Waals surface area contributed by atoms with Gasteiger partial charge in [0.25, 0.3) is 5.91 Å². The van der Waals surface area contributed by atoms with Gasteiger partial charge in [0.05, 0.1) is 16.8 Å². The van der Waals surface area contributed by atoms with Gasteiger partial charge in [-0.25, -0.2) is 10.1 Å². The van der Waals surface area contributed by atoms with E-state index in [9.17, 15) is 14.9 Å². The van der Waals surface area contributed by atoms with Crippen molar-refractivity contribution in [2.75, 3.05) is 6.61 Å². The summed E-state index contributed by atoms with van der Waals surface area (Å²) in [6, 6.07) is 23.5. The molecule has 4 rings (SSSR count). The maximum atomic E-state index is 12.2. The zero-order chi connectivity index (χ0) is 23.9. The van der Waals surface area contributed by atoms with Crippen LogP contribution in [0, 0.1) is 17.0 Å². The molecule has 0 aliphatic rings. The van der Waals surface area contributed by atoms with Crippen molar-refractivity contribution >= 4 is 17.8 Å². The van der Waals surface area contributed by atoms with Crippen LogP contribution in [0.4, 0.5) is 5.69 Å². The van der Waals surface area contributed by atoms with E-state index in [0.717, 1.165) is 16.8 Å². The molecule has 9 nitrogen and oxygen atoms in total. The van der Waals surface area contributed by atoms with Gasteiger partial charge in [0.15, 0.2) is 12.4 Å². The predicted molar refractivity (Wildman–Crippen MR) is 128 cm³/mol. The summed E-state index contributed by atoms with van der Waals surface area (Å²) >= 11 is 0. The molecule has 9 heteroatoms. The van der Waals surface area contributed by atoms with E-state index in [4.69, 9.17) is 9.84 Å². The smallest absolute Gasteiger partial charge is 0.310 e. The van der Waals surface area contributed by atoms with E-state index >= 15 is 0 Å². The van der Waals surface area contributed by atoms with E-state index in [1.807, 2.05) is 67.7 Å². The van der Waals surface area contributed by atoms with E-state index in [-0.39, 0.29) is 11.4 Å². The minimum absolute atomic E-state index is 0.0116. The van der Waals surface area contributed by atoms with Crippen molar-refractivity contribution in [3.8, 4) is 22.7 Å². The second-order valence-corrected chi connectivity index (χ2v) is 7.39. The first-order chi connectivity index (χ1) is 16.5. The summed E-state index contributed by atoms with van der Waals surface area (Å²) in [5.74, 6) is -0.542. The van der Waals surface area contributed by atoms with Crippen LogP contribution in [0.15, 0.2) is 90.2 Å². The highest BCUT2D eigenvalue weighted by atomic mass is 16.6. The van der Waals surface area contributed by atoms with Crippen molar-refractivity contribution in [1.82, 2.24) is 15.2 Å². The number of nitro groups is 1. The summed E-state index contributed by atoms with van der Waals surface area (Å²) in [5, 5.41) is 19.8. The fourth-order valence-corrected chi connectivity index (χ4v) is 3.29. The SMILES string of the molecule is Cc1cccc(-c2nn(-c3ccccc3)cc2/C=N\NC(=O)COc2ccccc2[N+](=O)[O-])c1. The highest BCUT2D eigenvalue weighted by Crippen LogP contribution is 2.26. The number of hydrazone groups is 1. The van der Waals surface area contributed by atoms with Crippen molar-refractivity contribution in [1.29, 1.82) is 0 Å². The Labute approximate surface area is 195 Å². The van der Waals surface area contributed by atoms with Crippen LogP contribution in [-0.4, -0.2) is 33.4 Å². The van der Waals surface area contributed by atoms with Gasteiger partial charge >= 0.3 is 5.69 Å². The van der Waals surface area contributed by atoms with E-state index in [1.54, 1.807) is 10.7 Å². The quantitative estimate of drug-likeness (QED) is 0.242. The van der Waals surface area contributed by atoms with Crippen LogP contribution >= 0.6 is 0 Å². The summed E-state index contributed by atoms with van der Waals surface area (Å²) in [4.78, 5) is 22.7. The Morgan fingerprint density at radius 3 is 2.65 bits per heavy atom. The Morgan fingerprint density at radius 1 is 1.12 bits per heavy atom. The Kier molecular flexibility index (Phi) is 6.73. The molecule has 0 aliphatic heterocycles. The number of aromatic nitrogens is 2. The van der Waals surface area contributed by atoms with Gasteiger partial charge in [-0.05, 0) is 31.2 Å². The summed E-state index contributed by atoms with van der Waals surface area (Å²) < 4.78 is 7.04. The average molecular weight is 455 g/mol. The van der Waals surface area contributed by atoms with Crippen LogP contribution in [0.2, 0.25) is 0 Å². The lowest BCUT2D eigenvalue weighted by molar-refractivity contribution is -0.385. The van der Waals surface area contributed by atoms with Gasteiger partial charge in [0, 0.05) is 23.4 Å². The molecule has 1 aromatic heterocycles. The number of ether oxygens (including phenoxy) is 1. The molecule has 4 aromatic rings. The maximum absolute atomic E-state index is 12.2. The average Bonchev–Trinajstić information content (AvgIpc) is 3.28. The first-order valence-electron chi connectivity index (χ1n) is 10.4. The lowest BCUT2D eigenvalue weighted by Gasteiger charge is -2.05. The number of hydrogen-bond acceptors (Lipinski definition) is 6. The van der Waals surface area contributed by atoms with Crippen molar-refractivity contribution in [3.05, 3.63) is 106 Å². The fourth-order valence-electron chi connectivity index (χ4n) is 3.29. The summed E-state index contributed by atoms with van der Waals surface area (Å²) in [6.07, 6.45) is 3.33. The van der Waals surface area contributed by atoms with Gasteiger partial charge in [-0.15, -0.1) is 0 Å². The number of aryl methyl sites for hydroxylation is 1. The van der Waals surface area contributed by atoms with Gasteiger partial charge in [-0.1, -0.05) is 54.1 Å². The number of rotatable bonds is 8. The third-order valence-corrected chi connectivity index (χ3v) is 4.87. The molecule has 0 fully saturated rings. The number of carbonyl (C=O) groups is 1. The second-order valence-electron chi connectivity index (χ2n) is 7.39. The number of amides is 1. The second kappa shape index (κ2) is 10.2. The number of nitrogens with one attached hydrogen (secondary N) is 1. The molecular formula is C25H21N5O4. The van der Waals surface area contributed by atoms with Gasteiger partial charge in [-0.3, -0.25) is 14.9 Å². The Hall–Kier alpha value is -4.79. The molecule has 1 N–H and O–H groups in total. The van der Waals surface area contributed by atoms with Crippen LogP contribution in [-0.2, 0) is 4.79 Å². The normalized spacial score (nSPS) is 10.9. The topological polar surface area (TPSA) is 112 Å².